The summed E-state index contributed by atoms with van der Waals surface area (Å²) in [6.07, 6.45) is 0. The van der Waals surface area contributed by atoms with Crippen LogP contribution in [0.5, 0.6) is 0 Å². The predicted molar refractivity (Wildman–Crippen MR) is 114 cm³/mol. The molecule has 136 valence electrons. The Kier molecular flexibility index (Phi) is 10.2. The lowest BCUT2D eigenvalue weighted by Gasteiger charge is -2.10. The van der Waals surface area contributed by atoms with Crippen molar-refractivity contribution < 1.29 is 9.53 Å². The lowest BCUT2D eigenvalue weighted by atomic mass is 10.1. The molecular weight excluding hydrogens is 449 g/mol. The Labute approximate surface area is 169 Å². The van der Waals surface area contributed by atoms with Crippen molar-refractivity contribution in [1.82, 2.24) is 10.6 Å². The second kappa shape index (κ2) is 11.9. The Morgan fingerprint density at radius 3 is 2.52 bits per heavy atom. The summed E-state index contributed by atoms with van der Waals surface area (Å²) < 4.78 is 4.98. The van der Waals surface area contributed by atoms with Gasteiger partial charge in [0.05, 0.1) is 25.3 Å². The number of halogens is 1. The highest BCUT2D eigenvalue weighted by molar-refractivity contribution is 14.0. The van der Waals surface area contributed by atoms with Crippen LogP contribution in [0.2, 0.25) is 0 Å². The van der Waals surface area contributed by atoms with E-state index in [0.717, 1.165) is 24.6 Å². The lowest BCUT2D eigenvalue weighted by molar-refractivity contribution is 0.0526. The van der Waals surface area contributed by atoms with Crippen LogP contribution < -0.4 is 10.6 Å². The standard InChI is InChI=1S/C18H23N3O2S.HI/c1-3-19-18(21-13-16-6-5-11-24-16)20-12-14-7-9-15(10-8-14)17(22)23-4-2;/h5-11H,3-4,12-13H2,1-2H3,(H2,19,20,21);1H. The van der Waals surface area contributed by atoms with E-state index in [-0.39, 0.29) is 29.9 Å². The Bertz CT molecular complexity index is 657. The van der Waals surface area contributed by atoms with Gasteiger partial charge in [-0.15, -0.1) is 35.3 Å². The van der Waals surface area contributed by atoms with Crippen LogP contribution in [-0.4, -0.2) is 25.1 Å². The van der Waals surface area contributed by atoms with Crippen molar-refractivity contribution in [3.63, 3.8) is 0 Å². The van der Waals surface area contributed by atoms with Gasteiger partial charge in [-0.05, 0) is 43.0 Å². The first kappa shape index (κ1) is 21.4. The molecule has 2 rings (SSSR count). The van der Waals surface area contributed by atoms with Gasteiger partial charge in [-0.3, -0.25) is 0 Å². The summed E-state index contributed by atoms with van der Waals surface area (Å²) in [5.74, 6) is 0.485. The van der Waals surface area contributed by atoms with E-state index in [4.69, 9.17) is 4.74 Å². The first-order valence-electron chi connectivity index (χ1n) is 8.03. The van der Waals surface area contributed by atoms with Crippen LogP contribution in [0.3, 0.4) is 0 Å². The SMILES string of the molecule is CCNC(=NCc1ccc(C(=O)OCC)cc1)NCc1cccs1.I. The molecule has 5 nitrogen and oxygen atoms in total. The van der Waals surface area contributed by atoms with Crippen molar-refractivity contribution in [2.75, 3.05) is 13.2 Å². The van der Waals surface area contributed by atoms with Gasteiger partial charge in [-0.1, -0.05) is 18.2 Å². The maximum absolute atomic E-state index is 11.6. The minimum Gasteiger partial charge on any atom is -0.462 e. The highest BCUT2D eigenvalue weighted by atomic mass is 127. The summed E-state index contributed by atoms with van der Waals surface area (Å²) in [5, 5.41) is 8.61. The fourth-order valence-electron chi connectivity index (χ4n) is 2.06. The predicted octanol–water partition coefficient (Wildman–Crippen LogP) is 3.80. The molecule has 1 aromatic heterocycles. The Morgan fingerprint density at radius 2 is 1.92 bits per heavy atom. The molecule has 7 heteroatoms. The Balaban J connectivity index is 0.00000312. The third-order valence-corrected chi connectivity index (χ3v) is 4.12. The van der Waals surface area contributed by atoms with Gasteiger partial charge in [-0.25, -0.2) is 9.79 Å². The summed E-state index contributed by atoms with van der Waals surface area (Å²) >= 11 is 1.72. The molecule has 2 N–H and O–H groups in total. The van der Waals surface area contributed by atoms with Crippen LogP contribution in [0.4, 0.5) is 0 Å². The minimum atomic E-state index is -0.293. The van der Waals surface area contributed by atoms with Crippen molar-refractivity contribution in [3.05, 3.63) is 57.8 Å². The highest BCUT2D eigenvalue weighted by Crippen LogP contribution is 2.08. The van der Waals surface area contributed by atoms with Gasteiger partial charge >= 0.3 is 5.97 Å². The van der Waals surface area contributed by atoms with Gasteiger partial charge in [-0.2, -0.15) is 0 Å². The van der Waals surface area contributed by atoms with E-state index in [1.165, 1.54) is 4.88 Å². The molecule has 0 saturated heterocycles. The lowest BCUT2D eigenvalue weighted by Crippen LogP contribution is -2.36. The molecule has 0 amide bonds. The molecule has 0 aliphatic carbocycles. The summed E-state index contributed by atoms with van der Waals surface area (Å²) in [7, 11) is 0. The third kappa shape index (κ3) is 7.43. The number of carbonyl (C=O) groups excluding carboxylic acids is 1. The van der Waals surface area contributed by atoms with Crippen LogP contribution in [0.25, 0.3) is 0 Å². The molecule has 1 heterocycles. The van der Waals surface area contributed by atoms with Gasteiger partial charge < -0.3 is 15.4 Å². The molecule has 0 aliphatic rings. The van der Waals surface area contributed by atoms with E-state index in [9.17, 15) is 4.79 Å². The molecule has 0 saturated carbocycles. The minimum absolute atomic E-state index is 0. The molecule has 2 aromatic rings. The van der Waals surface area contributed by atoms with Crippen molar-refractivity contribution in [2.24, 2.45) is 4.99 Å². The molecule has 0 aliphatic heterocycles. The number of guanidine groups is 1. The summed E-state index contributed by atoms with van der Waals surface area (Å²) in [5.41, 5.74) is 1.60. The number of benzene rings is 1. The number of rotatable bonds is 7. The van der Waals surface area contributed by atoms with E-state index < -0.39 is 0 Å². The number of aliphatic imine (C=N–C) groups is 1. The summed E-state index contributed by atoms with van der Waals surface area (Å²) in [6, 6.07) is 11.5. The zero-order valence-electron chi connectivity index (χ0n) is 14.5. The summed E-state index contributed by atoms with van der Waals surface area (Å²) in [4.78, 5) is 17.5. The van der Waals surface area contributed by atoms with Crippen molar-refractivity contribution in [3.8, 4) is 0 Å². The van der Waals surface area contributed by atoms with E-state index >= 15 is 0 Å². The van der Waals surface area contributed by atoms with Crippen molar-refractivity contribution in [1.29, 1.82) is 0 Å². The van der Waals surface area contributed by atoms with E-state index in [1.54, 1.807) is 30.4 Å². The molecule has 0 fully saturated rings. The Hall–Kier alpha value is -1.61. The first-order chi connectivity index (χ1) is 11.7. The molecule has 25 heavy (non-hydrogen) atoms. The second-order valence-electron chi connectivity index (χ2n) is 5.05. The van der Waals surface area contributed by atoms with Gasteiger partial charge in [0.2, 0.25) is 0 Å². The van der Waals surface area contributed by atoms with Crippen LogP contribution in [-0.2, 0) is 17.8 Å². The monoisotopic (exact) mass is 473 g/mol. The number of hydrogen-bond donors (Lipinski definition) is 2. The number of hydrogen-bond acceptors (Lipinski definition) is 4. The van der Waals surface area contributed by atoms with Gasteiger partial charge in [0, 0.05) is 11.4 Å². The number of nitrogens with zero attached hydrogens (tertiary/aromatic N) is 1. The largest absolute Gasteiger partial charge is 0.462 e. The number of thiophene rings is 1. The second-order valence-corrected chi connectivity index (χ2v) is 6.08. The molecular formula is C18H24IN3O2S. The summed E-state index contributed by atoms with van der Waals surface area (Å²) in [6.45, 7) is 6.32. The average molecular weight is 473 g/mol. The molecule has 0 atom stereocenters. The zero-order valence-corrected chi connectivity index (χ0v) is 17.6. The first-order valence-corrected chi connectivity index (χ1v) is 8.91. The highest BCUT2D eigenvalue weighted by Gasteiger charge is 2.05. The molecule has 0 unspecified atom stereocenters. The van der Waals surface area contributed by atoms with E-state index in [0.29, 0.717) is 18.7 Å². The number of esters is 1. The van der Waals surface area contributed by atoms with Crippen molar-refractivity contribution >= 4 is 47.2 Å². The maximum atomic E-state index is 11.6. The fraction of sp³-hybridized carbons (Fsp3) is 0.333. The molecule has 1 aromatic carbocycles. The van der Waals surface area contributed by atoms with Crippen LogP contribution in [0, 0.1) is 0 Å². The van der Waals surface area contributed by atoms with Gasteiger partial charge in [0.25, 0.3) is 0 Å². The van der Waals surface area contributed by atoms with Crippen molar-refractivity contribution in [2.45, 2.75) is 26.9 Å². The fourth-order valence-corrected chi connectivity index (χ4v) is 2.70. The van der Waals surface area contributed by atoms with Crippen LogP contribution in [0.15, 0.2) is 46.8 Å². The topological polar surface area (TPSA) is 62.7 Å². The number of carbonyl (C=O) groups is 1. The van der Waals surface area contributed by atoms with Crippen LogP contribution >= 0.6 is 35.3 Å². The van der Waals surface area contributed by atoms with E-state index in [2.05, 4.69) is 27.1 Å². The zero-order chi connectivity index (χ0) is 17.2. The van der Waals surface area contributed by atoms with Crippen LogP contribution in [0.1, 0.15) is 34.6 Å². The maximum Gasteiger partial charge on any atom is 0.338 e. The Morgan fingerprint density at radius 1 is 1.16 bits per heavy atom. The smallest absolute Gasteiger partial charge is 0.338 e. The van der Waals surface area contributed by atoms with Gasteiger partial charge in [0.1, 0.15) is 0 Å². The third-order valence-electron chi connectivity index (χ3n) is 3.24. The molecule has 0 bridgehead atoms. The van der Waals surface area contributed by atoms with E-state index in [1.807, 2.05) is 25.1 Å². The number of nitrogens with one attached hydrogen (secondary N) is 2. The number of ether oxygens (including phenoxy) is 1. The average Bonchev–Trinajstić information content (AvgIpc) is 3.11. The molecule has 0 spiro atoms. The quantitative estimate of drug-likeness (QED) is 0.278. The molecule has 0 radical (unpaired) electrons. The normalized spacial score (nSPS) is 10.7. The van der Waals surface area contributed by atoms with Gasteiger partial charge in [0.15, 0.2) is 5.96 Å².